The Morgan fingerprint density at radius 1 is 1.07 bits per heavy atom. The molecule has 0 atom stereocenters. The van der Waals surface area contributed by atoms with E-state index in [4.69, 9.17) is 20.8 Å². The van der Waals surface area contributed by atoms with Crippen LogP contribution in [0.4, 0.5) is 5.69 Å². The van der Waals surface area contributed by atoms with Gasteiger partial charge >= 0.3 is 0 Å². The van der Waals surface area contributed by atoms with Crippen LogP contribution < -0.4 is 10.1 Å². The van der Waals surface area contributed by atoms with Crippen LogP contribution in [0.15, 0.2) is 71.1 Å². The van der Waals surface area contributed by atoms with Crippen LogP contribution in [0.3, 0.4) is 0 Å². The van der Waals surface area contributed by atoms with E-state index in [2.05, 4.69) is 10.3 Å². The highest BCUT2D eigenvalue weighted by Gasteiger charge is 2.14. The number of para-hydroxylation sites is 2. The maximum atomic E-state index is 12.6. The molecule has 27 heavy (non-hydrogen) atoms. The zero-order valence-electron chi connectivity index (χ0n) is 14.4. The number of ether oxygens (including phenoxy) is 1. The Hall–Kier alpha value is -3.31. The van der Waals surface area contributed by atoms with Crippen LogP contribution >= 0.6 is 11.6 Å². The standard InChI is InChI=1S/C21H15ClN2O3/c1-26-18-10-9-14(21-24-16-7-2-3-8-19(16)27-21)12-17(18)23-20(25)13-5-4-6-15(22)11-13/h2-12H,1H3,(H,23,25). The van der Waals surface area contributed by atoms with Crippen LogP contribution in [0.1, 0.15) is 10.4 Å². The lowest BCUT2D eigenvalue weighted by Crippen LogP contribution is -2.12. The van der Waals surface area contributed by atoms with Crippen molar-refractivity contribution in [1.29, 1.82) is 0 Å². The van der Waals surface area contributed by atoms with Gasteiger partial charge in [0.25, 0.3) is 5.91 Å². The Kier molecular flexibility index (Phi) is 4.52. The SMILES string of the molecule is COc1ccc(-c2nc3ccccc3o2)cc1NC(=O)c1cccc(Cl)c1. The number of nitrogens with zero attached hydrogens (tertiary/aromatic N) is 1. The van der Waals surface area contributed by atoms with E-state index in [0.29, 0.717) is 33.5 Å². The molecule has 1 aromatic heterocycles. The molecule has 0 saturated heterocycles. The van der Waals surface area contributed by atoms with Gasteiger partial charge in [-0.2, -0.15) is 0 Å². The molecule has 1 amide bonds. The number of amides is 1. The molecule has 0 bridgehead atoms. The number of anilines is 1. The maximum absolute atomic E-state index is 12.6. The van der Waals surface area contributed by atoms with Crippen LogP contribution in [-0.4, -0.2) is 18.0 Å². The number of rotatable bonds is 4. The molecule has 0 aliphatic rings. The molecule has 0 aliphatic heterocycles. The second kappa shape index (κ2) is 7.13. The van der Waals surface area contributed by atoms with Gasteiger partial charge in [0.05, 0.1) is 12.8 Å². The van der Waals surface area contributed by atoms with E-state index < -0.39 is 0 Å². The van der Waals surface area contributed by atoms with E-state index in [1.807, 2.05) is 30.3 Å². The summed E-state index contributed by atoms with van der Waals surface area (Å²) in [6.45, 7) is 0. The molecule has 5 nitrogen and oxygen atoms in total. The largest absolute Gasteiger partial charge is 0.495 e. The molecule has 134 valence electrons. The molecule has 1 N–H and O–H groups in total. The lowest BCUT2D eigenvalue weighted by molar-refractivity contribution is 0.102. The third-order valence-electron chi connectivity index (χ3n) is 4.08. The van der Waals surface area contributed by atoms with E-state index in [-0.39, 0.29) is 5.91 Å². The van der Waals surface area contributed by atoms with Gasteiger partial charge in [-0.1, -0.05) is 29.8 Å². The van der Waals surface area contributed by atoms with Crippen molar-refractivity contribution < 1.29 is 13.9 Å². The lowest BCUT2D eigenvalue weighted by atomic mass is 10.1. The molecule has 0 radical (unpaired) electrons. The first kappa shape index (κ1) is 17.1. The summed E-state index contributed by atoms with van der Waals surface area (Å²) in [7, 11) is 1.55. The van der Waals surface area contributed by atoms with Crippen LogP contribution in [0.2, 0.25) is 5.02 Å². The fraction of sp³-hybridized carbons (Fsp3) is 0.0476. The van der Waals surface area contributed by atoms with Gasteiger partial charge in [-0.25, -0.2) is 4.98 Å². The second-order valence-electron chi connectivity index (χ2n) is 5.87. The van der Waals surface area contributed by atoms with Gasteiger partial charge in [-0.3, -0.25) is 4.79 Å². The Balaban J connectivity index is 1.69. The van der Waals surface area contributed by atoms with E-state index in [1.165, 1.54) is 0 Å². The van der Waals surface area contributed by atoms with E-state index >= 15 is 0 Å². The second-order valence-corrected chi connectivity index (χ2v) is 6.30. The predicted octanol–water partition coefficient (Wildman–Crippen LogP) is 5.41. The van der Waals surface area contributed by atoms with Crippen LogP contribution in [0.5, 0.6) is 5.75 Å². The van der Waals surface area contributed by atoms with Gasteiger partial charge in [-0.15, -0.1) is 0 Å². The number of hydrogen-bond acceptors (Lipinski definition) is 4. The zero-order chi connectivity index (χ0) is 18.8. The monoisotopic (exact) mass is 378 g/mol. The summed E-state index contributed by atoms with van der Waals surface area (Å²) in [4.78, 5) is 17.0. The fourth-order valence-corrected chi connectivity index (χ4v) is 2.95. The van der Waals surface area contributed by atoms with Gasteiger partial charge in [0.15, 0.2) is 5.58 Å². The fourth-order valence-electron chi connectivity index (χ4n) is 2.76. The highest BCUT2D eigenvalue weighted by Crippen LogP contribution is 2.32. The first-order chi connectivity index (χ1) is 13.1. The number of aromatic nitrogens is 1. The van der Waals surface area contributed by atoms with Crippen LogP contribution in [0, 0.1) is 0 Å². The Labute approximate surface area is 160 Å². The smallest absolute Gasteiger partial charge is 0.255 e. The molecule has 0 saturated carbocycles. The third-order valence-corrected chi connectivity index (χ3v) is 4.31. The lowest BCUT2D eigenvalue weighted by Gasteiger charge is -2.11. The van der Waals surface area contributed by atoms with E-state index in [0.717, 1.165) is 11.1 Å². The molecule has 6 heteroatoms. The molecular formula is C21H15ClN2O3. The summed E-state index contributed by atoms with van der Waals surface area (Å²) >= 11 is 5.97. The predicted molar refractivity (Wildman–Crippen MR) is 105 cm³/mol. The Bertz CT molecular complexity index is 1100. The van der Waals surface area contributed by atoms with Crippen molar-refractivity contribution in [3.63, 3.8) is 0 Å². The Morgan fingerprint density at radius 2 is 1.93 bits per heavy atom. The van der Waals surface area contributed by atoms with Crippen LogP contribution in [-0.2, 0) is 0 Å². The van der Waals surface area contributed by atoms with Gasteiger partial charge in [-0.05, 0) is 48.5 Å². The molecule has 0 spiro atoms. The average Bonchev–Trinajstić information content (AvgIpc) is 3.12. The quantitative estimate of drug-likeness (QED) is 0.515. The van der Waals surface area contributed by atoms with Crippen molar-refractivity contribution in [1.82, 2.24) is 4.98 Å². The summed E-state index contributed by atoms with van der Waals surface area (Å²) in [5, 5.41) is 3.35. The van der Waals surface area contributed by atoms with Crippen molar-refractivity contribution in [2.24, 2.45) is 0 Å². The number of oxazole rings is 1. The first-order valence-electron chi connectivity index (χ1n) is 8.25. The molecule has 0 unspecified atom stereocenters. The average molecular weight is 379 g/mol. The van der Waals surface area contributed by atoms with Crippen molar-refractivity contribution in [2.75, 3.05) is 12.4 Å². The number of nitrogens with one attached hydrogen (secondary N) is 1. The summed E-state index contributed by atoms with van der Waals surface area (Å²) in [5.74, 6) is 0.716. The molecule has 1 heterocycles. The molecular weight excluding hydrogens is 364 g/mol. The van der Waals surface area contributed by atoms with Gasteiger partial charge in [0.1, 0.15) is 11.3 Å². The minimum Gasteiger partial charge on any atom is -0.495 e. The third kappa shape index (κ3) is 3.50. The molecule has 3 aromatic carbocycles. The van der Waals surface area contributed by atoms with Crippen molar-refractivity contribution in [2.45, 2.75) is 0 Å². The topological polar surface area (TPSA) is 64.4 Å². The van der Waals surface area contributed by atoms with Crippen molar-refractivity contribution >= 4 is 34.3 Å². The van der Waals surface area contributed by atoms with Gasteiger partial charge < -0.3 is 14.5 Å². The van der Waals surface area contributed by atoms with Crippen molar-refractivity contribution in [3.05, 3.63) is 77.3 Å². The van der Waals surface area contributed by atoms with E-state index in [9.17, 15) is 4.79 Å². The summed E-state index contributed by atoms with van der Waals surface area (Å²) in [5.41, 5.74) is 3.17. The van der Waals surface area contributed by atoms with Crippen molar-refractivity contribution in [3.8, 4) is 17.2 Å². The summed E-state index contributed by atoms with van der Waals surface area (Å²) in [6, 6.07) is 19.6. The molecule has 0 aliphatic carbocycles. The van der Waals surface area contributed by atoms with E-state index in [1.54, 1.807) is 43.5 Å². The Morgan fingerprint density at radius 3 is 2.70 bits per heavy atom. The molecule has 4 aromatic rings. The number of carbonyl (C=O) groups is 1. The normalized spacial score (nSPS) is 10.7. The number of methoxy groups -OCH3 is 1. The highest BCUT2D eigenvalue weighted by molar-refractivity contribution is 6.31. The minimum absolute atomic E-state index is 0.287. The van der Waals surface area contributed by atoms with Gasteiger partial charge in [0, 0.05) is 16.1 Å². The maximum Gasteiger partial charge on any atom is 0.255 e. The zero-order valence-corrected chi connectivity index (χ0v) is 15.2. The number of fused-ring (bicyclic) bond motifs is 1. The minimum atomic E-state index is -0.287. The van der Waals surface area contributed by atoms with Crippen LogP contribution in [0.25, 0.3) is 22.6 Å². The summed E-state index contributed by atoms with van der Waals surface area (Å²) < 4.78 is 11.2. The highest BCUT2D eigenvalue weighted by atomic mass is 35.5. The number of benzene rings is 3. The molecule has 0 fully saturated rings. The number of carbonyl (C=O) groups excluding carboxylic acids is 1. The molecule has 4 rings (SSSR count). The first-order valence-corrected chi connectivity index (χ1v) is 8.63. The van der Waals surface area contributed by atoms with Gasteiger partial charge in [0.2, 0.25) is 5.89 Å². The number of hydrogen-bond donors (Lipinski definition) is 1. The summed E-state index contributed by atoms with van der Waals surface area (Å²) in [6.07, 6.45) is 0. The number of halogens is 1.